The van der Waals surface area contributed by atoms with Crippen molar-refractivity contribution in [3.8, 4) is 5.75 Å². The molecule has 0 bridgehead atoms. The second kappa shape index (κ2) is 3.12. The average Bonchev–Trinajstić information content (AvgIpc) is 2.97. The number of hydrogen-bond donors (Lipinski definition) is 0. The van der Waals surface area contributed by atoms with Gasteiger partial charge in [-0.05, 0) is 37.1 Å². The summed E-state index contributed by atoms with van der Waals surface area (Å²) in [6.07, 6.45) is 2.05. The van der Waals surface area contributed by atoms with Crippen LogP contribution in [0.4, 0.5) is 0 Å². The number of Topliss-reactive ketones (excluding diaryl/α,β-unsaturated/α-hetero) is 1. The molecule has 0 heterocycles. The van der Waals surface area contributed by atoms with Gasteiger partial charge in [0.1, 0.15) is 5.75 Å². The Morgan fingerprint density at radius 2 is 1.86 bits per heavy atom. The highest BCUT2D eigenvalue weighted by molar-refractivity contribution is 6.02. The van der Waals surface area contributed by atoms with Gasteiger partial charge in [-0.1, -0.05) is 6.92 Å². The molecule has 2 nitrogen and oxygen atoms in total. The van der Waals surface area contributed by atoms with E-state index in [1.165, 1.54) is 0 Å². The molecule has 2 rings (SSSR count). The minimum absolute atomic E-state index is 0.0748. The Hall–Kier alpha value is -1.31. The molecule has 1 aromatic rings. The summed E-state index contributed by atoms with van der Waals surface area (Å²) in [6, 6.07) is 7.34. The topological polar surface area (TPSA) is 26.3 Å². The van der Waals surface area contributed by atoms with Gasteiger partial charge in [0.25, 0.3) is 0 Å². The van der Waals surface area contributed by atoms with Gasteiger partial charge in [-0.25, -0.2) is 0 Å². The fourth-order valence-corrected chi connectivity index (χ4v) is 1.51. The second-order valence-electron chi connectivity index (χ2n) is 4.12. The van der Waals surface area contributed by atoms with Gasteiger partial charge in [-0.2, -0.15) is 0 Å². The van der Waals surface area contributed by atoms with E-state index in [1.807, 2.05) is 31.2 Å². The van der Waals surface area contributed by atoms with Crippen molar-refractivity contribution in [3.63, 3.8) is 0 Å². The molecule has 0 aromatic heterocycles. The van der Waals surface area contributed by atoms with Crippen molar-refractivity contribution >= 4 is 5.78 Å². The third kappa shape index (κ3) is 1.52. The highest BCUT2D eigenvalue weighted by atomic mass is 16.5. The van der Waals surface area contributed by atoms with Gasteiger partial charge in [0.15, 0.2) is 5.78 Å². The highest BCUT2D eigenvalue weighted by Gasteiger charge is 2.44. The van der Waals surface area contributed by atoms with Crippen LogP contribution in [0.5, 0.6) is 5.75 Å². The number of carbonyl (C=O) groups excluding carboxylic acids is 1. The molecular formula is C12H14O2. The smallest absolute Gasteiger partial charge is 0.168 e. The van der Waals surface area contributed by atoms with Crippen LogP contribution in [0.25, 0.3) is 0 Å². The Morgan fingerprint density at radius 3 is 2.29 bits per heavy atom. The van der Waals surface area contributed by atoms with Crippen LogP contribution in [0.15, 0.2) is 24.3 Å². The van der Waals surface area contributed by atoms with E-state index in [-0.39, 0.29) is 11.2 Å². The number of ketones is 1. The maximum absolute atomic E-state index is 11.9. The SMILES string of the molecule is COc1ccc(C(=O)C2(C)CC2)cc1. The first kappa shape index (κ1) is 9.25. The van der Waals surface area contributed by atoms with E-state index in [2.05, 4.69) is 0 Å². The molecule has 0 amide bonds. The number of benzene rings is 1. The van der Waals surface area contributed by atoms with Gasteiger partial charge >= 0.3 is 0 Å². The largest absolute Gasteiger partial charge is 0.497 e. The lowest BCUT2D eigenvalue weighted by atomic mass is 9.97. The minimum Gasteiger partial charge on any atom is -0.497 e. The van der Waals surface area contributed by atoms with Gasteiger partial charge < -0.3 is 4.74 Å². The van der Waals surface area contributed by atoms with E-state index in [9.17, 15) is 4.79 Å². The molecule has 1 aromatic carbocycles. The van der Waals surface area contributed by atoms with E-state index in [4.69, 9.17) is 4.74 Å². The van der Waals surface area contributed by atoms with E-state index in [0.29, 0.717) is 0 Å². The monoisotopic (exact) mass is 190 g/mol. The summed E-state index contributed by atoms with van der Waals surface area (Å²) in [5.74, 6) is 1.06. The maximum atomic E-state index is 11.9. The summed E-state index contributed by atoms with van der Waals surface area (Å²) >= 11 is 0. The van der Waals surface area contributed by atoms with Crippen LogP contribution >= 0.6 is 0 Å². The van der Waals surface area contributed by atoms with Crippen molar-refractivity contribution in [1.82, 2.24) is 0 Å². The molecule has 1 aliphatic rings. The summed E-state index contributed by atoms with van der Waals surface area (Å²) in [7, 11) is 1.62. The fourth-order valence-electron chi connectivity index (χ4n) is 1.51. The zero-order valence-corrected chi connectivity index (χ0v) is 8.54. The van der Waals surface area contributed by atoms with Gasteiger partial charge in [-0.15, -0.1) is 0 Å². The molecular weight excluding hydrogens is 176 g/mol. The first-order valence-corrected chi connectivity index (χ1v) is 4.84. The molecule has 1 aliphatic carbocycles. The third-order valence-electron chi connectivity index (χ3n) is 2.90. The maximum Gasteiger partial charge on any atom is 0.168 e. The molecule has 0 saturated heterocycles. The van der Waals surface area contributed by atoms with Crippen molar-refractivity contribution < 1.29 is 9.53 Å². The zero-order valence-electron chi connectivity index (χ0n) is 8.54. The predicted octanol–water partition coefficient (Wildman–Crippen LogP) is 2.68. The molecule has 2 heteroatoms. The number of methoxy groups -OCH3 is 1. The normalized spacial score (nSPS) is 17.6. The summed E-state index contributed by atoms with van der Waals surface area (Å²) in [5, 5.41) is 0. The van der Waals surface area contributed by atoms with E-state index >= 15 is 0 Å². The lowest BCUT2D eigenvalue weighted by Crippen LogP contribution is -2.11. The Kier molecular flexibility index (Phi) is 2.06. The van der Waals surface area contributed by atoms with Gasteiger partial charge in [-0.3, -0.25) is 4.79 Å². The van der Waals surface area contributed by atoms with Crippen LogP contribution in [0.2, 0.25) is 0 Å². The second-order valence-corrected chi connectivity index (χ2v) is 4.12. The van der Waals surface area contributed by atoms with Gasteiger partial charge in [0.2, 0.25) is 0 Å². The zero-order chi connectivity index (χ0) is 10.2. The first-order chi connectivity index (χ1) is 6.65. The third-order valence-corrected chi connectivity index (χ3v) is 2.90. The number of rotatable bonds is 3. The molecule has 0 spiro atoms. The van der Waals surface area contributed by atoms with Crippen molar-refractivity contribution in [2.45, 2.75) is 19.8 Å². The van der Waals surface area contributed by atoms with Gasteiger partial charge in [0.05, 0.1) is 7.11 Å². The van der Waals surface area contributed by atoms with Gasteiger partial charge in [0, 0.05) is 11.0 Å². The lowest BCUT2D eigenvalue weighted by molar-refractivity contribution is 0.0912. The molecule has 0 aliphatic heterocycles. The predicted molar refractivity (Wildman–Crippen MR) is 54.7 cm³/mol. The Bertz CT molecular complexity index is 347. The molecule has 0 radical (unpaired) electrons. The van der Waals surface area contributed by atoms with Crippen LogP contribution in [0.3, 0.4) is 0 Å². The van der Waals surface area contributed by atoms with Crippen LogP contribution in [-0.4, -0.2) is 12.9 Å². The lowest BCUT2D eigenvalue weighted by Gasteiger charge is -2.07. The van der Waals surface area contributed by atoms with E-state index in [0.717, 1.165) is 24.2 Å². The van der Waals surface area contributed by atoms with Crippen LogP contribution in [-0.2, 0) is 0 Å². The summed E-state index contributed by atoms with van der Waals surface area (Å²) in [4.78, 5) is 11.9. The summed E-state index contributed by atoms with van der Waals surface area (Å²) in [6.45, 7) is 2.03. The Balaban J connectivity index is 2.20. The molecule has 0 atom stereocenters. The van der Waals surface area contributed by atoms with Crippen molar-refractivity contribution in [2.75, 3.05) is 7.11 Å². The van der Waals surface area contributed by atoms with Crippen LogP contribution < -0.4 is 4.74 Å². The number of hydrogen-bond acceptors (Lipinski definition) is 2. The molecule has 74 valence electrons. The summed E-state index contributed by atoms with van der Waals surface area (Å²) < 4.78 is 5.04. The van der Waals surface area contributed by atoms with Crippen molar-refractivity contribution in [3.05, 3.63) is 29.8 Å². The molecule has 1 fully saturated rings. The number of carbonyl (C=O) groups is 1. The molecule has 0 unspecified atom stereocenters. The van der Waals surface area contributed by atoms with Crippen LogP contribution in [0, 0.1) is 5.41 Å². The van der Waals surface area contributed by atoms with Crippen LogP contribution in [0.1, 0.15) is 30.1 Å². The van der Waals surface area contributed by atoms with E-state index in [1.54, 1.807) is 7.11 Å². The molecule has 0 N–H and O–H groups in total. The Morgan fingerprint density at radius 1 is 1.29 bits per heavy atom. The molecule has 14 heavy (non-hydrogen) atoms. The number of ether oxygens (including phenoxy) is 1. The van der Waals surface area contributed by atoms with E-state index < -0.39 is 0 Å². The average molecular weight is 190 g/mol. The van der Waals surface area contributed by atoms with Crippen molar-refractivity contribution in [2.24, 2.45) is 5.41 Å². The highest BCUT2D eigenvalue weighted by Crippen LogP contribution is 2.47. The minimum atomic E-state index is -0.0748. The fraction of sp³-hybridized carbons (Fsp3) is 0.417. The molecule has 1 saturated carbocycles. The first-order valence-electron chi connectivity index (χ1n) is 4.84. The quantitative estimate of drug-likeness (QED) is 0.685. The Labute approximate surface area is 83.9 Å². The van der Waals surface area contributed by atoms with Crippen molar-refractivity contribution in [1.29, 1.82) is 0 Å². The summed E-state index contributed by atoms with van der Waals surface area (Å²) in [5.41, 5.74) is 0.722. The standard InChI is InChI=1S/C12H14O2/c1-12(7-8-12)11(13)9-3-5-10(14-2)6-4-9/h3-6H,7-8H2,1-2H3.